The lowest BCUT2D eigenvalue weighted by molar-refractivity contribution is -0.140. The Morgan fingerprint density at radius 3 is 2.31 bits per heavy atom. The second-order valence-electron chi connectivity index (χ2n) is 13.2. The van der Waals surface area contributed by atoms with E-state index in [9.17, 15) is 19.8 Å². The van der Waals surface area contributed by atoms with Crippen LogP contribution in [0.3, 0.4) is 0 Å². The van der Waals surface area contributed by atoms with Crippen LogP contribution < -0.4 is 4.74 Å². The molecule has 3 rings (SSSR count). The molecule has 1 aromatic carbocycles. The third kappa shape index (κ3) is 10.6. The van der Waals surface area contributed by atoms with Gasteiger partial charge < -0.3 is 34.2 Å². The van der Waals surface area contributed by atoms with Crippen LogP contribution in [0.5, 0.6) is 5.75 Å². The summed E-state index contributed by atoms with van der Waals surface area (Å²) >= 11 is 0. The van der Waals surface area contributed by atoms with Crippen LogP contribution in [-0.2, 0) is 19.1 Å². The van der Waals surface area contributed by atoms with E-state index in [0.29, 0.717) is 50.9 Å². The zero-order chi connectivity index (χ0) is 33.1. The van der Waals surface area contributed by atoms with Crippen LogP contribution in [0.1, 0.15) is 59.1 Å². The van der Waals surface area contributed by atoms with Crippen molar-refractivity contribution in [2.45, 2.75) is 77.9 Å². The smallest absolute Gasteiger partial charge is 0.237 e. The number of amides is 2. The molecule has 11 nitrogen and oxygen atoms in total. The zero-order valence-electron chi connectivity index (χ0n) is 28.6. The Kier molecular flexibility index (Phi) is 15.0. The van der Waals surface area contributed by atoms with Crippen molar-refractivity contribution in [2.75, 3.05) is 79.8 Å². The number of benzene rings is 1. The highest BCUT2D eigenvalue weighted by atomic mass is 16.5. The summed E-state index contributed by atoms with van der Waals surface area (Å²) in [6.45, 7) is 15.3. The van der Waals surface area contributed by atoms with Crippen molar-refractivity contribution in [1.82, 2.24) is 19.6 Å². The molecule has 2 aliphatic rings. The van der Waals surface area contributed by atoms with Crippen LogP contribution >= 0.6 is 0 Å². The van der Waals surface area contributed by atoms with Crippen LogP contribution in [0.4, 0.5) is 0 Å². The van der Waals surface area contributed by atoms with Gasteiger partial charge in [0.2, 0.25) is 11.8 Å². The second kappa shape index (κ2) is 18.2. The fourth-order valence-electron chi connectivity index (χ4n) is 6.46. The van der Waals surface area contributed by atoms with Crippen molar-refractivity contribution in [3.05, 3.63) is 29.8 Å². The van der Waals surface area contributed by atoms with Crippen molar-refractivity contribution in [3.63, 3.8) is 0 Å². The van der Waals surface area contributed by atoms with Gasteiger partial charge in [-0.3, -0.25) is 19.4 Å². The number of carbonyl (C=O) groups is 2. The zero-order valence-corrected chi connectivity index (χ0v) is 28.6. The standard InChI is InChI=1S/C34H58N4O7/c1-24(2)29-20-37(26(5)39)21-31(44-7)34(42)30(40)23-45-18-9-8-13-38(33(29)27-11-10-12-28(19-27)43-6)32(41)22-35-14-16-36(17-15-35)25(3)4/h10-12,19,24-25,29-31,33-34,40,42H,8-9,13-18,20-23H2,1-7H3/t29-,30+,31+,33-,34+/m1/s1. The number of aliphatic hydroxyl groups excluding tert-OH is 2. The minimum absolute atomic E-state index is 0.0485. The number of hydrogen-bond donors (Lipinski definition) is 2. The topological polar surface area (TPSA) is 115 Å². The molecule has 0 spiro atoms. The van der Waals surface area contributed by atoms with E-state index in [0.717, 1.165) is 31.7 Å². The van der Waals surface area contributed by atoms with Gasteiger partial charge in [0.15, 0.2) is 0 Å². The molecular weight excluding hydrogens is 576 g/mol. The molecule has 45 heavy (non-hydrogen) atoms. The number of ether oxygens (including phenoxy) is 3. The van der Waals surface area contributed by atoms with Crippen LogP contribution in [-0.4, -0.2) is 146 Å². The van der Waals surface area contributed by atoms with Gasteiger partial charge in [-0.05, 0) is 50.3 Å². The first-order chi connectivity index (χ1) is 21.5. The number of piperazine rings is 1. The third-order valence-corrected chi connectivity index (χ3v) is 9.43. The largest absolute Gasteiger partial charge is 0.497 e. The van der Waals surface area contributed by atoms with Gasteiger partial charge in [0.05, 0.1) is 26.3 Å². The molecular formula is C34H58N4O7. The van der Waals surface area contributed by atoms with Crippen molar-refractivity contribution in [3.8, 4) is 5.75 Å². The summed E-state index contributed by atoms with van der Waals surface area (Å²) in [4.78, 5) is 35.9. The molecule has 0 aliphatic carbocycles. The molecule has 0 unspecified atom stereocenters. The quantitative estimate of drug-likeness (QED) is 0.466. The number of methoxy groups -OCH3 is 2. The molecule has 0 saturated carbocycles. The minimum Gasteiger partial charge on any atom is -0.497 e. The van der Waals surface area contributed by atoms with Gasteiger partial charge in [-0.2, -0.15) is 0 Å². The molecule has 5 atom stereocenters. The summed E-state index contributed by atoms with van der Waals surface area (Å²) < 4.78 is 16.9. The number of carbonyl (C=O) groups excluding carboxylic acids is 2. The predicted molar refractivity (Wildman–Crippen MR) is 174 cm³/mol. The van der Waals surface area contributed by atoms with E-state index in [-0.39, 0.29) is 42.8 Å². The van der Waals surface area contributed by atoms with E-state index in [1.54, 1.807) is 12.0 Å². The molecule has 2 saturated heterocycles. The first-order valence-electron chi connectivity index (χ1n) is 16.6. The summed E-state index contributed by atoms with van der Waals surface area (Å²) in [6, 6.07) is 8.02. The first-order valence-corrected chi connectivity index (χ1v) is 16.6. The SMILES string of the molecule is COc1cccc([C@@H]2[C@@H](C(C)C)CN(C(C)=O)C[C@H](OC)[C@@H](O)[C@@H](O)COCCCCN2C(=O)CN2CCN(C(C)C)CC2)c1. The molecule has 2 heterocycles. The lowest BCUT2D eigenvalue weighted by Gasteiger charge is -2.43. The molecule has 2 amide bonds. The lowest BCUT2D eigenvalue weighted by Crippen LogP contribution is -2.53. The molecule has 0 radical (unpaired) electrons. The Labute approximate surface area is 270 Å². The highest BCUT2D eigenvalue weighted by molar-refractivity contribution is 5.79. The fourth-order valence-corrected chi connectivity index (χ4v) is 6.46. The van der Waals surface area contributed by atoms with Crippen LogP contribution in [0.15, 0.2) is 24.3 Å². The number of aliphatic hydroxyl groups is 2. The van der Waals surface area contributed by atoms with E-state index >= 15 is 0 Å². The molecule has 2 aliphatic heterocycles. The van der Waals surface area contributed by atoms with Gasteiger partial charge in [-0.1, -0.05) is 26.0 Å². The lowest BCUT2D eigenvalue weighted by atomic mass is 9.82. The number of hydrogen-bond acceptors (Lipinski definition) is 9. The summed E-state index contributed by atoms with van der Waals surface area (Å²) in [5.74, 6) is 0.533. The van der Waals surface area contributed by atoms with Gasteiger partial charge in [-0.25, -0.2) is 0 Å². The number of rotatable bonds is 7. The van der Waals surface area contributed by atoms with Gasteiger partial charge in [0, 0.05) is 78.4 Å². The van der Waals surface area contributed by atoms with Gasteiger partial charge >= 0.3 is 0 Å². The maximum Gasteiger partial charge on any atom is 0.237 e. The summed E-state index contributed by atoms with van der Waals surface area (Å²) in [7, 11) is 3.10. The molecule has 0 bridgehead atoms. The Morgan fingerprint density at radius 2 is 1.71 bits per heavy atom. The van der Waals surface area contributed by atoms with E-state index in [1.165, 1.54) is 14.0 Å². The van der Waals surface area contributed by atoms with E-state index in [1.807, 2.05) is 29.2 Å². The van der Waals surface area contributed by atoms with E-state index in [2.05, 4.69) is 37.5 Å². The van der Waals surface area contributed by atoms with Crippen LogP contribution in [0, 0.1) is 11.8 Å². The first kappa shape index (κ1) is 37.2. The molecule has 2 N–H and O–H groups in total. The normalized spacial score (nSPS) is 27.3. The average Bonchev–Trinajstić information content (AvgIpc) is 3.02. The number of nitrogens with zero attached hydrogens (tertiary/aromatic N) is 4. The predicted octanol–water partition coefficient (Wildman–Crippen LogP) is 2.26. The Balaban J connectivity index is 2.05. The summed E-state index contributed by atoms with van der Waals surface area (Å²) in [6.07, 6.45) is -1.82. The van der Waals surface area contributed by atoms with Gasteiger partial charge in [0.1, 0.15) is 24.1 Å². The Morgan fingerprint density at radius 1 is 1.00 bits per heavy atom. The monoisotopic (exact) mass is 634 g/mol. The second-order valence-corrected chi connectivity index (χ2v) is 13.2. The highest BCUT2D eigenvalue weighted by Crippen LogP contribution is 2.37. The van der Waals surface area contributed by atoms with Crippen molar-refractivity contribution >= 4 is 11.8 Å². The van der Waals surface area contributed by atoms with Crippen molar-refractivity contribution < 1.29 is 34.0 Å². The third-order valence-electron chi connectivity index (χ3n) is 9.43. The summed E-state index contributed by atoms with van der Waals surface area (Å²) in [5, 5.41) is 21.6. The molecule has 1 aromatic rings. The average molecular weight is 635 g/mol. The Bertz CT molecular complexity index is 1050. The highest BCUT2D eigenvalue weighted by Gasteiger charge is 2.38. The summed E-state index contributed by atoms with van der Waals surface area (Å²) in [5.41, 5.74) is 0.953. The molecule has 0 aromatic heterocycles. The van der Waals surface area contributed by atoms with Crippen LogP contribution in [0.2, 0.25) is 0 Å². The molecule has 11 heteroatoms. The van der Waals surface area contributed by atoms with Gasteiger partial charge in [-0.15, -0.1) is 0 Å². The molecule has 2 fully saturated rings. The van der Waals surface area contributed by atoms with E-state index < -0.39 is 18.3 Å². The van der Waals surface area contributed by atoms with Crippen LogP contribution in [0.25, 0.3) is 0 Å². The van der Waals surface area contributed by atoms with Crippen molar-refractivity contribution in [1.29, 1.82) is 0 Å². The van der Waals surface area contributed by atoms with Gasteiger partial charge in [0.25, 0.3) is 0 Å². The van der Waals surface area contributed by atoms with E-state index in [4.69, 9.17) is 14.2 Å². The Hall–Kier alpha value is -2.28. The minimum atomic E-state index is -1.23. The maximum absolute atomic E-state index is 14.4. The van der Waals surface area contributed by atoms with Crippen molar-refractivity contribution in [2.24, 2.45) is 11.8 Å². The fraction of sp³-hybridized carbons (Fsp3) is 0.765. The molecule has 256 valence electrons. The maximum atomic E-state index is 14.4.